The maximum Gasteiger partial charge on any atom is 0.238 e. The molecule has 0 fully saturated rings. The molecule has 0 aromatic heterocycles. The number of ether oxygens (including phenoxy) is 1. The molecular weight excluding hydrogens is 316 g/mol. The third-order valence-electron chi connectivity index (χ3n) is 2.83. The molecule has 0 heterocycles. The van der Waals surface area contributed by atoms with E-state index in [1.165, 1.54) is 31.4 Å². The first-order valence-electron chi connectivity index (χ1n) is 6.27. The third-order valence-corrected chi connectivity index (χ3v) is 5.29. The van der Waals surface area contributed by atoms with Crippen LogP contribution in [0.1, 0.15) is 24.9 Å². The molecule has 1 unspecified atom stereocenters. The van der Waals surface area contributed by atoms with Gasteiger partial charge in [0.15, 0.2) is 0 Å². The van der Waals surface area contributed by atoms with Crippen LogP contribution < -0.4 is 9.86 Å². The van der Waals surface area contributed by atoms with Crippen LogP contribution in [0.25, 0.3) is 0 Å². The first-order chi connectivity index (χ1) is 9.65. The molecule has 0 amide bonds. The molecule has 1 atom stereocenters. The van der Waals surface area contributed by atoms with Gasteiger partial charge in [0, 0.05) is 19.8 Å². The zero-order chi connectivity index (χ0) is 16.1. The average Bonchev–Trinajstić information content (AvgIpc) is 2.37. The van der Waals surface area contributed by atoms with Gasteiger partial charge >= 0.3 is 0 Å². The Balaban J connectivity index is 2.73. The van der Waals surface area contributed by atoms with Crippen molar-refractivity contribution in [2.24, 2.45) is 5.14 Å². The molecule has 9 heteroatoms. The minimum Gasteiger partial charge on any atom is -0.385 e. The molecule has 1 aromatic rings. The van der Waals surface area contributed by atoms with Crippen molar-refractivity contribution in [2.75, 3.05) is 19.5 Å². The summed E-state index contributed by atoms with van der Waals surface area (Å²) in [4.78, 5) is -0.0126. The fourth-order valence-electron chi connectivity index (χ4n) is 1.74. The molecule has 0 aliphatic carbocycles. The highest BCUT2D eigenvalue weighted by Crippen LogP contribution is 2.16. The Morgan fingerprint density at radius 2 is 1.76 bits per heavy atom. The van der Waals surface area contributed by atoms with Gasteiger partial charge in [0.2, 0.25) is 20.0 Å². The highest BCUT2D eigenvalue weighted by molar-refractivity contribution is 7.89. The van der Waals surface area contributed by atoms with E-state index in [0.717, 1.165) is 0 Å². The van der Waals surface area contributed by atoms with Crippen molar-refractivity contribution in [3.8, 4) is 0 Å². The maximum atomic E-state index is 11.8. The lowest BCUT2D eigenvalue weighted by Crippen LogP contribution is -2.29. The van der Waals surface area contributed by atoms with Crippen LogP contribution in [0.3, 0.4) is 0 Å². The van der Waals surface area contributed by atoms with E-state index in [0.29, 0.717) is 18.6 Å². The van der Waals surface area contributed by atoms with Crippen LogP contribution in [0, 0.1) is 0 Å². The standard InChI is InChI=1S/C12H20N2O5S2/c1-10(14-20(15,16)9-3-8-19-2)11-4-6-12(7-5-11)21(13,17)18/h4-7,10,14H,3,8-9H2,1-2H3,(H2,13,17,18). The van der Waals surface area contributed by atoms with Gasteiger partial charge in [0.25, 0.3) is 0 Å². The number of methoxy groups -OCH3 is 1. The number of hydrogen-bond acceptors (Lipinski definition) is 5. The number of sulfonamides is 2. The number of hydrogen-bond donors (Lipinski definition) is 2. The van der Waals surface area contributed by atoms with Gasteiger partial charge in [-0.1, -0.05) is 12.1 Å². The van der Waals surface area contributed by atoms with Gasteiger partial charge < -0.3 is 4.74 Å². The van der Waals surface area contributed by atoms with E-state index in [-0.39, 0.29) is 10.6 Å². The summed E-state index contributed by atoms with van der Waals surface area (Å²) in [5.41, 5.74) is 0.651. The van der Waals surface area contributed by atoms with E-state index in [1.54, 1.807) is 6.92 Å². The predicted molar refractivity (Wildman–Crippen MR) is 79.6 cm³/mol. The quantitative estimate of drug-likeness (QED) is 0.665. The van der Waals surface area contributed by atoms with E-state index < -0.39 is 26.1 Å². The average molecular weight is 336 g/mol. The second-order valence-corrected chi connectivity index (χ2v) is 8.05. The molecule has 0 spiro atoms. The molecule has 120 valence electrons. The second kappa shape index (κ2) is 7.32. The van der Waals surface area contributed by atoms with Crippen molar-refractivity contribution in [3.05, 3.63) is 29.8 Å². The topological polar surface area (TPSA) is 116 Å². The van der Waals surface area contributed by atoms with E-state index in [9.17, 15) is 16.8 Å². The molecule has 0 aliphatic rings. The Bertz CT molecular complexity index is 653. The summed E-state index contributed by atoms with van der Waals surface area (Å²) in [6.07, 6.45) is 0.406. The van der Waals surface area contributed by atoms with Crippen LogP contribution in [-0.2, 0) is 24.8 Å². The van der Waals surface area contributed by atoms with Gasteiger partial charge in [-0.25, -0.2) is 26.7 Å². The zero-order valence-corrected chi connectivity index (χ0v) is 13.6. The molecule has 0 saturated heterocycles. The van der Waals surface area contributed by atoms with Gasteiger partial charge in [-0.2, -0.15) is 0 Å². The zero-order valence-electron chi connectivity index (χ0n) is 11.9. The van der Waals surface area contributed by atoms with Crippen LogP contribution in [0.4, 0.5) is 0 Å². The molecule has 1 aromatic carbocycles. The summed E-state index contributed by atoms with van der Waals surface area (Å²) in [5.74, 6) is -0.0273. The molecule has 3 N–H and O–H groups in total. The Labute approximate surface area is 125 Å². The van der Waals surface area contributed by atoms with E-state index in [1.807, 2.05) is 0 Å². The molecule has 0 radical (unpaired) electrons. The monoisotopic (exact) mass is 336 g/mol. The minimum atomic E-state index is -3.75. The van der Waals surface area contributed by atoms with Gasteiger partial charge in [-0.05, 0) is 31.0 Å². The SMILES string of the molecule is COCCCS(=O)(=O)NC(C)c1ccc(S(N)(=O)=O)cc1. The van der Waals surface area contributed by atoms with Crippen LogP contribution >= 0.6 is 0 Å². The van der Waals surface area contributed by atoms with Gasteiger partial charge in [0.05, 0.1) is 10.6 Å². The number of benzene rings is 1. The largest absolute Gasteiger partial charge is 0.385 e. The highest BCUT2D eigenvalue weighted by atomic mass is 32.2. The Kier molecular flexibility index (Phi) is 6.29. The van der Waals surface area contributed by atoms with Crippen molar-refractivity contribution < 1.29 is 21.6 Å². The minimum absolute atomic E-state index is 0.0126. The summed E-state index contributed by atoms with van der Waals surface area (Å²) < 4.78 is 53.3. The highest BCUT2D eigenvalue weighted by Gasteiger charge is 2.16. The van der Waals surface area contributed by atoms with Gasteiger partial charge in [-0.15, -0.1) is 0 Å². The van der Waals surface area contributed by atoms with Crippen LogP contribution in [-0.4, -0.2) is 36.3 Å². The van der Waals surface area contributed by atoms with Crippen LogP contribution in [0.15, 0.2) is 29.2 Å². The van der Waals surface area contributed by atoms with Crippen LogP contribution in [0.2, 0.25) is 0 Å². The van der Waals surface area contributed by atoms with Crippen molar-refractivity contribution in [3.63, 3.8) is 0 Å². The molecule has 0 saturated carbocycles. The summed E-state index contributed by atoms with van der Waals surface area (Å²) in [6.45, 7) is 2.05. The second-order valence-electron chi connectivity index (χ2n) is 4.62. The van der Waals surface area contributed by atoms with E-state index in [2.05, 4.69) is 4.72 Å². The normalized spacial score (nSPS) is 14.0. The number of primary sulfonamides is 1. The molecular formula is C12H20N2O5S2. The lowest BCUT2D eigenvalue weighted by atomic mass is 10.1. The van der Waals surface area contributed by atoms with Crippen molar-refractivity contribution in [1.82, 2.24) is 4.72 Å². The molecule has 7 nitrogen and oxygen atoms in total. The Morgan fingerprint density at radius 3 is 2.24 bits per heavy atom. The van der Waals surface area contributed by atoms with E-state index >= 15 is 0 Å². The molecule has 21 heavy (non-hydrogen) atoms. The molecule has 0 bridgehead atoms. The summed E-state index contributed by atoms with van der Waals surface area (Å²) in [7, 11) is -5.65. The Morgan fingerprint density at radius 1 is 1.19 bits per heavy atom. The Hall–Kier alpha value is -1.00. The number of nitrogens with one attached hydrogen (secondary N) is 1. The summed E-state index contributed by atoms with van der Waals surface area (Å²) in [6, 6.07) is 5.29. The van der Waals surface area contributed by atoms with Crippen molar-refractivity contribution in [2.45, 2.75) is 24.3 Å². The fourth-order valence-corrected chi connectivity index (χ4v) is 3.54. The fraction of sp³-hybridized carbons (Fsp3) is 0.500. The number of nitrogens with two attached hydrogens (primary N) is 1. The van der Waals surface area contributed by atoms with Crippen molar-refractivity contribution in [1.29, 1.82) is 0 Å². The summed E-state index contributed by atoms with van der Waals surface area (Å²) >= 11 is 0. The predicted octanol–water partition coefficient (Wildman–Crippen LogP) is 0.351. The van der Waals surface area contributed by atoms with Crippen molar-refractivity contribution >= 4 is 20.0 Å². The first kappa shape index (κ1) is 18.1. The lowest BCUT2D eigenvalue weighted by molar-refractivity contribution is 0.199. The molecule has 1 rings (SSSR count). The number of rotatable bonds is 8. The van der Waals surface area contributed by atoms with Crippen LogP contribution in [0.5, 0.6) is 0 Å². The van der Waals surface area contributed by atoms with Gasteiger partial charge in [-0.3, -0.25) is 0 Å². The smallest absolute Gasteiger partial charge is 0.238 e. The first-order valence-corrected chi connectivity index (χ1v) is 9.47. The summed E-state index contributed by atoms with van der Waals surface area (Å²) in [5, 5.41) is 5.00. The maximum absolute atomic E-state index is 11.8. The lowest BCUT2D eigenvalue weighted by Gasteiger charge is -2.15. The molecule has 0 aliphatic heterocycles. The third kappa shape index (κ3) is 6.10. The van der Waals surface area contributed by atoms with Gasteiger partial charge in [0.1, 0.15) is 0 Å². The van der Waals surface area contributed by atoms with E-state index in [4.69, 9.17) is 9.88 Å².